The second kappa shape index (κ2) is 5.01. The number of anilines is 2. The topological polar surface area (TPSA) is 42.1 Å². The number of nitrogen functional groups attached to an aromatic ring is 1. The van der Waals surface area contributed by atoms with Crippen molar-refractivity contribution in [2.45, 2.75) is 27.2 Å². The second-order valence-electron chi connectivity index (χ2n) is 4.24. The summed E-state index contributed by atoms with van der Waals surface area (Å²) in [5, 5.41) is 0. The summed E-state index contributed by atoms with van der Waals surface area (Å²) < 4.78 is 0. The Morgan fingerprint density at radius 3 is 2.67 bits per heavy atom. The van der Waals surface area contributed by atoms with Gasteiger partial charge in [0.2, 0.25) is 0 Å². The van der Waals surface area contributed by atoms with Crippen molar-refractivity contribution >= 4 is 11.5 Å². The zero-order valence-corrected chi connectivity index (χ0v) is 10.1. The van der Waals surface area contributed by atoms with Gasteiger partial charge >= 0.3 is 0 Å². The summed E-state index contributed by atoms with van der Waals surface area (Å²) in [4.78, 5) is 6.64. The Hall–Kier alpha value is -1.25. The molecule has 15 heavy (non-hydrogen) atoms. The molecule has 0 aromatic carbocycles. The minimum Gasteiger partial charge on any atom is -0.397 e. The van der Waals surface area contributed by atoms with Crippen molar-refractivity contribution in [3.63, 3.8) is 0 Å². The molecule has 0 aliphatic rings. The lowest BCUT2D eigenvalue weighted by Gasteiger charge is -2.22. The maximum atomic E-state index is 5.74. The smallest absolute Gasteiger partial charge is 0.128 e. The van der Waals surface area contributed by atoms with Crippen molar-refractivity contribution in [2.24, 2.45) is 5.92 Å². The lowest BCUT2D eigenvalue weighted by atomic mass is 10.1. The first-order valence-corrected chi connectivity index (χ1v) is 5.48. The van der Waals surface area contributed by atoms with E-state index >= 15 is 0 Å². The minimum atomic E-state index is 0.689. The Labute approximate surface area is 92.3 Å². The van der Waals surface area contributed by atoms with Crippen molar-refractivity contribution in [1.29, 1.82) is 0 Å². The molecule has 2 N–H and O–H groups in total. The van der Waals surface area contributed by atoms with Crippen LogP contribution in [0.25, 0.3) is 0 Å². The molecule has 0 radical (unpaired) electrons. The number of hydrogen-bond acceptors (Lipinski definition) is 3. The highest BCUT2D eigenvalue weighted by molar-refractivity contribution is 5.50. The second-order valence-corrected chi connectivity index (χ2v) is 4.24. The lowest BCUT2D eigenvalue weighted by Crippen LogP contribution is -2.24. The summed E-state index contributed by atoms with van der Waals surface area (Å²) in [5.74, 6) is 1.69. The molecular weight excluding hydrogens is 186 g/mol. The third-order valence-corrected chi connectivity index (χ3v) is 2.79. The van der Waals surface area contributed by atoms with Crippen molar-refractivity contribution in [2.75, 3.05) is 24.2 Å². The molecule has 0 amide bonds. The van der Waals surface area contributed by atoms with Crippen LogP contribution in [0.15, 0.2) is 12.1 Å². The zero-order valence-electron chi connectivity index (χ0n) is 10.1. The average Bonchev–Trinajstić information content (AvgIpc) is 2.21. The van der Waals surface area contributed by atoms with E-state index in [4.69, 9.17) is 5.73 Å². The molecule has 1 atom stereocenters. The highest BCUT2D eigenvalue weighted by atomic mass is 15.2. The molecule has 0 bridgehead atoms. The van der Waals surface area contributed by atoms with E-state index < -0.39 is 0 Å². The third kappa shape index (κ3) is 3.11. The summed E-state index contributed by atoms with van der Waals surface area (Å²) in [6.07, 6.45) is 1.19. The number of rotatable bonds is 4. The molecule has 0 aliphatic heterocycles. The Balaban J connectivity index is 2.73. The number of aromatic nitrogens is 1. The summed E-state index contributed by atoms with van der Waals surface area (Å²) >= 11 is 0. The van der Waals surface area contributed by atoms with Gasteiger partial charge in [-0.25, -0.2) is 4.98 Å². The molecule has 1 aromatic rings. The lowest BCUT2D eigenvalue weighted by molar-refractivity contribution is 0.557. The Morgan fingerprint density at radius 2 is 2.13 bits per heavy atom. The Bertz CT molecular complexity index is 323. The molecule has 0 aliphatic carbocycles. The first-order chi connectivity index (χ1) is 7.04. The van der Waals surface area contributed by atoms with Gasteiger partial charge in [-0.3, -0.25) is 0 Å². The van der Waals surface area contributed by atoms with Crippen LogP contribution in [0.5, 0.6) is 0 Å². The van der Waals surface area contributed by atoms with Gasteiger partial charge in [0.15, 0.2) is 0 Å². The fraction of sp³-hybridized carbons (Fsp3) is 0.583. The first-order valence-electron chi connectivity index (χ1n) is 5.48. The molecule has 1 rings (SSSR count). The summed E-state index contributed by atoms with van der Waals surface area (Å²) in [5.41, 5.74) is 7.40. The van der Waals surface area contributed by atoms with Crippen LogP contribution in [0.1, 0.15) is 26.0 Å². The molecule has 1 unspecified atom stereocenters. The van der Waals surface area contributed by atoms with Gasteiger partial charge in [-0.05, 0) is 25.0 Å². The standard InChI is InChI=1S/C12H21N3/c1-5-9(2)8-15(4)12-7-6-11(13)10(3)14-12/h6-7,9H,5,8,13H2,1-4H3. The van der Waals surface area contributed by atoms with Crippen molar-refractivity contribution in [1.82, 2.24) is 4.98 Å². The van der Waals surface area contributed by atoms with E-state index in [-0.39, 0.29) is 0 Å². The van der Waals surface area contributed by atoms with Gasteiger partial charge in [0.05, 0.1) is 11.4 Å². The molecule has 84 valence electrons. The van der Waals surface area contributed by atoms with Gasteiger partial charge in [0.1, 0.15) is 5.82 Å². The predicted molar refractivity (Wildman–Crippen MR) is 66.1 cm³/mol. The summed E-state index contributed by atoms with van der Waals surface area (Å²) in [7, 11) is 2.07. The van der Waals surface area contributed by atoms with E-state index in [1.807, 2.05) is 19.1 Å². The molecule has 1 aromatic heterocycles. The van der Waals surface area contributed by atoms with Gasteiger partial charge < -0.3 is 10.6 Å². The van der Waals surface area contributed by atoms with Gasteiger partial charge in [-0.1, -0.05) is 20.3 Å². The number of hydrogen-bond donors (Lipinski definition) is 1. The van der Waals surface area contributed by atoms with Crippen LogP contribution in [0.3, 0.4) is 0 Å². The van der Waals surface area contributed by atoms with Crippen LogP contribution in [-0.2, 0) is 0 Å². The average molecular weight is 207 g/mol. The monoisotopic (exact) mass is 207 g/mol. The van der Waals surface area contributed by atoms with Gasteiger partial charge in [-0.15, -0.1) is 0 Å². The fourth-order valence-electron chi connectivity index (χ4n) is 1.46. The molecule has 0 saturated heterocycles. The van der Waals surface area contributed by atoms with E-state index in [2.05, 4.69) is 30.8 Å². The summed E-state index contributed by atoms with van der Waals surface area (Å²) in [6, 6.07) is 3.90. The molecule has 3 nitrogen and oxygen atoms in total. The number of nitrogens with two attached hydrogens (primary N) is 1. The highest BCUT2D eigenvalue weighted by Gasteiger charge is 2.07. The van der Waals surface area contributed by atoms with Crippen LogP contribution >= 0.6 is 0 Å². The molecule has 0 saturated carbocycles. The highest BCUT2D eigenvalue weighted by Crippen LogP contribution is 2.16. The number of nitrogens with zero attached hydrogens (tertiary/aromatic N) is 2. The SMILES string of the molecule is CCC(C)CN(C)c1ccc(N)c(C)n1. The third-order valence-electron chi connectivity index (χ3n) is 2.79. The van der Waals surface area contributed by atoms with Crippen LogP contribution in [0, 0.1) is 12.8 Å². The maximum absolute atomic E-state index is 5.74. The molecule has 1 heterocycles. The van der Waals surface area contributed by atoms with Crippen LogP contribution in [0.2, 0.25) is 0 Å². The van der Waals surface area contributed by atoms with Gasteiger partial charge in [0.25, 0.3) is 0 Å². The number of pyridine rings is 1. The molecule has 0 spiro atoms. The fourth-order valence-corrected chi connectivity index (χ4v) is 1.46. The molecule has 3 heteroatoms. The first kappa shape index (κ1) is 11.8. The van der Waals surface area contributed by atoms with Crippen molar-refractivity contribution in [3.8, 4) is 0 Å². The van der Waals surface area contributed by atoms with E-state index in [0.717, 1.165) is 23.7 Å². The van der Waals surface area contributed by atoms with Crippen LogP contribution in [-0.4, -0.2) is 18.6 Å². The van der Waals surface area contributed by atoms with Crippen molar-refractivity contribution < 1.29 is 0 Å². The predicted octanol–water partition coefficient (Wildman–Crippen LogP) is 2.45. The van der Waals surface area contributed by atoms with E-state index in [9.17, 15) is 0 Å². The van der Waals surface area contributed by atoms with Crippen LogP contribution in [0.4, 0.5) is 11.5 Å². The van der Waals surface area contributed by atoms with Gasteiger partial charge in [0, 0.05) is 13.6 Å². The van der Waals surface area contributed by atoms with Gasteiger partial charge in [-0.2, -0.15) is 0 Å². The Kier molecular flexibility index (Phi) is 3.95. The van der Waals surface area contributed by atoms with Crippen molar-refractivity contribution in [3.05, 3.63) is 17.8 Å². The maximum Gasteiger partial charge on any atom is 0.128 e. The van der Waals surface area contributed by atoms with E-state index in [0.29, 0.717) is 5.92 Å². The Morgan fingerprint density at radius 1 is 1.47 bits per heavy atom. The van der Waals surface area contributed by atoms with Crippen LogP contribution < -0.4 is 10.6 Å². The summed E-state index contributed by atoms with van der Waals surface area (Å²) in [6.45, 7) is 7.43. The normalized spacial score (nSPS) is 12.5. The molecular formula is C12H21N3. The number of aryl methyl sites for hydroxylation is 1. The van der Waals surface area contributed by atoms with E-state index in [1.165, 1.54) is 6.42 Å². The quantitative estimate of drug-likeness (QED) is 0.824. The minimum absolute atomic E-state index is 0.689. The molecule has 0 fully saturated rings. The van der Waals surface area contributed by atoms with E-state index in [1.54, 1.807) is 0 Å². The zero-order chi connectivity index (χ0) is 11.4. The largest absolute Gasteiger partial charge is 0.397 e.